The zero-order chi connectivity index (χ0) is 13.4. The Balaban J connectivity index is 2.49. The van der Waals surface area contributed by atoms with Crippen molar-refractivity contribution in [2.24, 2.45) is 0 Å². The van der Waals surface area contributed by atoms with Gasteiger partial charge in [0.25, 0.3) is 0 Å². The largest absolute Gasteiger partial charge is 0.382 e. The van der Waals surface area contributed by atoms with E-state index < -0.39 is 11.6 Å². The molecule has 1 unspecified atom stereocenters. The van der Waals surface area contributed by atoms with Crippen LogP contribution >= 0.6 is 0 Å². The van der Waals surface area contributed by atoms with Crippen LogP contribution in [-0.4, -0.2) is 40.0 Å². The van der Waals surface area contributed by atoms with Gasteiger partial charge in [0.1, 0.15) is 0 Å². The van der Waals surface area contributed by atoms with Gasteiger partial charge in [-0.1, -0.05) is 12.1 Å². The van der Waals surface area contributed by atoms with E-state index in [-0.39, 0.29) is 6.04 Å². The molecule has 1 aromatic rings. The van der Waals surface area contributed by atoms with E-state index in [4.69, 9.17) is 9.47 Å². The third-order valence-corrected chi connectivity index (χ3v) is 2.66. The highest BCUT2D eigenvalue weighted by molar-refractivity contribution is 5.20. The first kappa shape index (κ1) is 15.0. The predicted octanol–water partition coefficient (Wildman–Crippen LogP) is 1.76. The highest BCUT2D eigenvalue weighted by atomic mass is 19.2. The molecule has 1 aromatic carbocycles. The minimum absolute atomic E-state index is 0.0573. The predicted molar refractivity (Wildman–Crippen MR) is 65.6 cm³/mol. The first-order chi connectivity index (χ1) is 8.69. The minimum atomic E-state index is -0.817. The fourth-order valence-corrected chi connectivity index (χ4v) is 1.58. The summed E-state index contributed by atoms with van der Waals surface area (Å²) in [7, 11) is 3.36. The van der Waals surface area contributed by atoms with E-state index >= 15 is 0 Å². The lowest BCUT2D eigenvalue weighted by Crippen LogP contribution is -2.33. The van der Waals surface area contributed by atoms with E-state index in [1.807, 2.05) is 0 Å². The van der Waals surface area contributed by atoms with Crippen molar-refractivity contribution < 1.29 is 18.3 Å². The van der Waals surface area contributed by atoms with Crippen molar-refractivity contribution in [3.8, 4) is 0 Å². The van der Waals surface area contributed by atoms with Gasteiger partial charge in [0.15, 0.2) is 11.6 Å². The molecule has 0 spiro atoms. The van der Waals surface area contributed by atoms with E-state index in [1.54, 1.807) is 20.2 Å². The molecule has 1 N–H and O–H groups in total. The lowest BCUT2D eigenvalue weighted by atomic mass is 10.1. The van der Waals surface area contributed by atoms with Gasteiger partial charge in [0, 0.05) is 13.2 Å². The molecule has 0 saturated carbocycles. The molecule has 1 atom stereocenters. The van der Waals surface area contributed by atoms with Crippen LogP contribution in [0.1, 0.15) is 5.56 Å². The maximum atomic E-state index is 13.5. The maximum Gasteiger partial charge on any atom is 0.162 e. The van der Waals surface area contributed by atoms with E-state index in [9.17, 15) is 8.78 Å². The summed E-state index contributed by atoms with van der Waals surface area (Å²) in [6.07, 6.45) is 0.382. The second-order valence-electron chi connectivity index (χ2n) is 3.97. The Morgan fingerprint density at radius 2 is 2.06 bits per heavy atom. The maximum absolute atomic E-state index is 13.5. The summed E-state index contributed by atoms with van der Waals surface area (Å²) in [4.78, 5) is 0. The molecule has 0 aliphatic heterocycles. The fraction of sp³-hybridized carbons (Fsp3) is 0.538. The van der Waals surface area contributed by atoms with Crippen LogP contribution in [0.3, 0.4) is 0 Å². The lowest BCUT2D eigenvalue weighted by molar-refractivity contribution is 0.0596. The van der Waals surface area contributed by atoms with Gasteiger partial charge in [-0.05, 0) is 25.1 Å². The Morgan fingerprint density at radius 3 is 2.72 bits per heavy atom. The van der Waals surface area contributed by atoms with Crippen molar-refractivity contribution in [2.45, 2.75) is 12.5 Å². The Labute approximate surface area is 106 Å². The number of halogens is 2. The number of benzene rings is 1. The van der Waals surface area contributed by atoms with Crippen LogP contribution in [-0.2, 0) is 15.9 Å². The molecule has 0 aliphatic rings. The summed E-state index contributed by atoms with van der Waals surface area (Å²) >= 11 is 0. The Hall–Kier alpha value is -1.04. The van der Waals surface area contributed by atoms with Gasteiger partial charge >= 0.3 is 0 Å². The number of hydrogen-bond donors (Lipinski definition) is 1. The zero-order valence-corrected chi connectivity index (χ0v) is 10.7. The Morgan fingerprint density at radius 1 is 1.28 bits per heavy atom. The van der Waals surface area contributed by atoms with E-state index in [0.29, 0.717) is 31.8 Å². The number of methoxy groups -OCH3 is 1. The topological polar surface area (TPSA) is 30.5 Å². The molecule has 5 heteroatoms. The molecule has 0 amide bonds. The van der Waals surface area contributed by atoms with Crippen LogP contribution in [0.5, 0.6) is 0 Å². The Kier molecular flexibility index (Phi) is 6.78. The van der Waals surface area contributed by atoms with Crippen LogP contribution in [0.2, 0.25) is 0 Å². The number of hydrogen-bond acceptors (Lipinski definition) is 3. The van der Waals surface area contributed by atoms with Crippen LogP contribution in [0, 0.1) is 11.6 Å². The highest BCUT2D eigenvalue weighted by Gasteiger charge is 2.13. The third-order valence-electron chi connectivity index (χ3n) is 2.66. The van der Waals surface area contributed by atoms with Crippen molar-refractivity contribution in [1.82, 2.24) is 5.32 Å². The summed E-state index contributed by atoms with van der Waals surface area (Å²) < 4.78 is 36.7. The number of nitrogens with one attached hydrogen (secondary N) is 1. The molecule has 0 bridgehead atoms. The highest BCUT2D eigenvalue weighted by Crippen LogP contribution is 2.13. The quantitative estimate of drug-likeness (QED) is 0.722. The van der Waals surface area contributed by atoms with Gasteiger partial charge in [-0.25, -0.2) is 8.78 Å². The monoisotopic (exact) mass is 259 g/mol. The zero-order valence-electron chi connectivity index (χ0n) is 10.7. The van der Waals surface area contributed by atoms with Gasteiger partial charge in [0.05, 0.1) is 19.8 Å². The van der Waals surface area contributed by atoms with Crippen molar-refractivity contribution in [2.75, 3.05) is 34.0 Å². The van der Waals surface area contributed by atoms with Crippen LogP contribution < -0.4 is 5.32 Å². The van der Waals surface area contributed by atoms with Gasteiger partial charge in [-0.2, -0.15) is 0 Å². The van der Waals surface area contributed by atoms with Crippen LogP contribution in [0.15, 0.2) is 18.2 Å². The average molecular weight is 259 g/mol. The first-order valence-electron chi connectivity index (χ1n) is 5.85. The van der Waals surface area contributed by atoms with Gasteiger partial charge in [-0.3, -0.25) is 0 Å². The van der Waals surface area contributed by atoms with E-state index in [0.717, 1.165) is 6.07 Å². The second-order valence-corrected chi connectivity index (χ2v) is 3.97. The van der Waals surface area contributed by atoms with Gasteiger partial charge < -0.3 is 14.8 Å². The third kappa shape index (κ3) is 4.68. The fourth-order valence-electron chi connectivity index (χ4n) is 1.58. The molecular formula is C13H19F2NO2. The van der Waals surface area contributed by atoms with Gasteiger partial charge in [0.2, 0.25) is 0 Å². The summed E-state index contributed by atoms with van der Waals surface area (Å²) in [5.74, 6) is -1.60. The first-order valence-corrected chi connectivity index (χ1v) is 5.85. The summed E-state index contributed by atoms with van der Waals surface area (Å²) in [6, 6.07) is 4.14. The number of rotatable bonds is 8. The van der Waals surface area contributed by atoms with Crippen molar-refractivity contribution in [3.05, 3.63) is 35.4 Å². The summed E-state index contributed by atoms with van der Waals surface area (Å²) in [5.41, 5.74) is 0.352. The van der Waals surface area contributed by atoms with Crippen LogP contribution in [0.4, 0.5) is 8.78 Å². The minimum Gasteiger partial charge on any atom is -0.382 e. The van der Waals surface area contributed by atoms with E-state index in [2.05, 4.69) is 5.32 Å². The molecule has 1 rings (SSSR count). The smallest absolute Gasteiger partial charge is 0.162 e. The molecule has 0 aromatic heterocycles. The molecule has 3 nitrogen and oxygen atoms in total. The molecule has 0 heterocycles. The molecular weight excluding hydrogens is 240 g/mol. The molecule has 0 saturated heterocycles. The normalized spacial score (nSPS) is 12.7. The molecule has 0 fully saturated rings. The Bertz CT molecular complexity index is 361. The van der Waals surface area contributed by atoms with Crippen molar-refractivity contribution >= 4 is 0 Å². The number of ether oxygens (including phenoxy) is 2. The molecule has 102 valence electrons. The molecule has 0 aliphatic carbocycles. The average Bonchev–Trinajstić information content (AvgIpc) is 2.38. The number of likely N-dealkylation sites (N-methyl/N-ethyl adjacent to an activating group) is 1. The van der Waals surface area contributed by atoms with Crippen molar-refractivity contribution in [3.63, 3.8) is 0 Å². The van der Waals surface area contributed by atoms with E-state index in [1.165, 1.54) is 6.07 Å². The molecule has 18 heavy (non-hydrogen) atoms. The lowest BCUT2D eigenvalue weighted by Gasteiger charge is -2.16. The standard InChI is InChI=1S/C13H19F2NO2/c1-16-11(9-18-7-6-17-2)8-10-4-3-5-12(14)13(10)15/h3-5,11,16H,6-9H2,1-2H3. The van der Waals surface area contributed by atoms with Crippen LogP contribution in [0.25, 0.3) is 0 Å². The second kappa shape index (κ2) is 8.13. The van der Waals surface area contributed by atoms with Gasteiger partial charge in [-0.15, -0.1) is 0 Å². The van der Waals surface area contributed by atoms with Crippen molar-refractivity contribution in [1.29, 1.82) is 0 Å². The molecule has 0 radical (unpaired) electrons. The SMILES string of the molecule is CNC(COCCOC)Cc1cccc(F)c1F. The summed E-state index contributed by atoms with van der Waals surface area (Å²) in [6.45, 7) is 1.43. The summed E-state index contributed by atoms with van der Waals surface area (Å²) in [5, 5.41) is 3.02.